The zero-order valence-corrected chi connectivity index (χ0v) is 18.4. The van der Waals surface area contributed by atoms with Gasteiger partial charge in [-0.3, -0.25) is 14.5 Å². The van der Waals surface area contributed by atoms with E-state index in [0.717, 1.165) is 18.7 Å². The van der Waals surface area contributed by atoms with Crippen LogP contribution in [0.25, 0.3) is 5.57 Å². The van der Waals surface area contributed by atoms with E-state index < -0.39 is 0 Å². The smallest absolute Gasteiger partial charge is 0.277 e. The lowest BCUT2D eigenvalue weighted by Crippen LogP contribution is -2.47. The van der Waals surface area contributed by atoms with Gasteiger partial charge >= 0.3 is 0 Å². The molecule has 0 bridgehead atoms. The molecule has 0 aromatic heterocycles. The maximum Gasteiger partial charge on any atom is 0.277 e. The molecule has 5 nitrogen and oxygen atoms in total. The molecule has 1 saturated heterocycles. The number of anilines is 1. The third-order valence-electron chi connectivity index (χ3n) is 6.11. The lowest BCUT2D eigenvalue weighted by Gasteiger charge is -2.38. The van der Waals surface area contributed by atoms with Crippen LogP contribution in [0, 0.1) is 13.8 Å². The van der Waals surface area contributed by atoms with Crippen LogP contribution < -0.4 is 4.90 Å². The van der Waals surface area contributed by atoms with Crippen molar-refractivity contribution < 1.29 is 9.59 Å². The van der Waals surface area contributed by atoms with Crippen LogP contribution in [0.3, 0.4) is 0 Å². The van der Waals surface area contributed by atoms with Crippen molar-refractivity contribution in [2.75, 3.05) is 37.6 Å². The van der Waals surface area contributed by atoms with Gasteiger partial charge in [-0.15, -0.1) is 0 Å². The summed E-state index contributed by atoms with van der Waals surface area (Å²) >= 11 is 6.03. The Labute approximate surface area is 182 Å². The number of nitrogens with zero attached hydrogens (tertiary/aromatic N) is 3. The quantitative estimate of drug-likeness (QED) is 0.700. The molecule has 2 amide bonds. The number of benzene rings is 2. The largest absolute Gasteiger partial charge is 0.368 e. The summed E-state index contributed by atoms with van der Waals surface area (Å²) in [7, 11) is 0. The second-order valence-corrected chi connectivity index (χ2v) is 8.21. The van der Waals surface area contributed by atoms with Gasteiger partial charge in [0.25, 0.3) is 11.8 Å². The zero-order valence-electron chi connectivity index (χ0n) is 17.6. The highest BCUT2D eigenvalue weighted by atomic mass is 35.5. The van der Waals surface area contributed by atoms with Crippen LogP contribution in [-0.4, -0.2) is 54.3 Å². The summed E-state index contributed by atoms with van der Waals surface area (Å²) in [6.45, 7) is 9.45. The van der Waals surface area contributed by atoms with Crippen molar-refractivity contribution in [3.8, 4) is 0 Å². The van der Waals surface area contributed by atoms with Gasteiger partial charge in [0, 0.05) is 43.4 Å². The molecule has 2 aliphatic rings. The third kappa shape index (κ3) is 3.47. The van der Waals surface area contributed by atoms with E-state index in [1.807, 2.05) is 19.1 Å². The van der Waals surface area contributed by atoms with E-state index in [1.54, 1.807) is 12.1 Å². The average molecular weight is 424 g/mol. The first-order chi connectivity index (χ1) is 14.4. The van der Waals surface area contributed by atoms with Crippen LogP contribution in [0.4, 0.5) is 5.69 Å². The molecule has 30 heavy (non-hydrogen) atoms. The zero-order chi connectivity index (χ0) is 21.4. The van der Waals surface area contributed by atoms with Crippen molar-refractivity contribution in [1.82, 2.24) is 9.80 Å². The predicted molar refractivity (Wildman–Crippen MR) is 120 cm³/mol. The summed E-state index contributed by atoms with van der Waals surface area (Å²) in [5, 5.41) is 0.604. The fraction of sp³-hybridized carbons (Fsp3) is 0.333. The molecular formula is C24H26ClN3O2. The first-order valence-corrected chi connectivity index (χ1v) is 10.7. The lowest BCUT2D eigenvalue weighted by atomic mass is 10.0. The monoisotopic (exact) mass is 423 g/mol. The molecule has 0 saturated carbocycles. The topological polar surface area (TPSA) is 43.9 Å². The molecule has 0 N–H and O–H groups in total. The molecule has 2 aromatic carbocycles. The molecule has 1 fully saturated rings. The number of amides is 2. The summed E-state index contributed by atoms with van der Waals surface area (Å²) < 4.78 is 0. The molecule has 0 aliphatic carbocycles. The number of halogens is 1. The summed E-state index contributed by atoms with van der Waals surface area (Å²) in [5.41, 5.74) is 5.55. The van der Waals surface area contributed by atoms with Crippen molar-refractivity contribution >= 4 is 34.7 Å². The summed E-state index contributed by atoms with van der Waals surface area (Å²) in [6.07, 6.45) is 0. The minimum atomic E-state index is -0.225. The first-order valence-electron chi connectivity index (χ1n) is 10.3. The Kier molecular flexibility index (Phi) is 5.56. The summed E-state index contributed by atoms with van der Waals surface area (Å²) in [5.74, 6) is -0.426. The van der Waals surface area contributed by atoms with Crippen LogP contribution in [0.1, 0.15) is 23.6 Å². The molecule has 0 spiro atoms. The number of aryl methyl sites for hydroxylation is 1. The van der Waals surface area contributed by atoms with Gasteiger partial charge in [0.1, 0.15) is 5.70 Å². The Hall–Kier alpha value is -2.79. The third-order valence-corrected chi connectivity index (χ3v) is 6.36. The lowest BCUT2D eigenvalue weighted by molar-refractivity contribution is -0.137. The number of carbonyl (C=O) groups is 2. The Bertz CT molecular complexity index is 1020. The van der Waals surface area contributed by atoms with Crippen LogP contribution in [0.15, 0.2) is 48.2 Å². The van der Waals surface area contributed by atoms with Crippen molar-refractivity contribution in [1.29, 1.82) is 0 Å². The van der Waals surface area contributed by atoms with E-state index in [9.17, 15) is 9.59 Å². The van der Waals surface area contributed by atoms with Gasteiger partial charge < -0.3 is 9.80 Å². The van der Waals surface area contributed by atoms with E-state index in [2.05, 4.69) is 41.8 Å². The van der Waals surface area contributed by atoms with Crippen LogP contribution in [0.2, 0.25) is 5.02 Å². The molecule has 2 heterocycles. The highest BCUT2D eigenvalue weighted by Gasteiger charge is 2.41. The van der Waals surface area contributed by atoms with Crippen molar-refractivity contribution in [2.24, 2.45) is 0 Å². The van der Waals surface area contributed by atoms with Crippen LogP contribution in [0.5, 0.6) is 0 Å². The highest BCUT2D eigenvalue weighted by Crippen LogP contribution is 2.33. The molecular weight excluding hydrogens is 398 g/mol. The van der Waals surface area contributed by atoms with Gasteiger partial charge in [-0.05, 0) is 55.7 Å². The van der Waals surface area contributed by atoms with E-state index in [-0.39, 0.29) is 11.8 Å². The van der Waals surface area contributed by atoms with Gasteiger partial charge in [0.05, 0.1) is 5.57 Å². The minimum Gasteiger partial charge on any atom is -0.368 e. The van der Waals surface area contributed by atoms with E-state index in [1.165, 1.54) is 21.7 Å². The van der Waals surface area contributed by atoms with Gasteiger partial charge in [0.2, 0.25) is 0 Å². The summed E-state index contributed by atoms with van der Waals surface area (Å²) in [6, 6.07) is 13.5. The molecule has 0 radical (unpaired) electrons. The average Bonchev–Trinajstić information content (AvgIpc) is 3.00. The van der Waals surface area contributed by atoms with Crippen molar-refractivity contribution in [3.05, 3.63) is 69.9 Å². The second kappa shape index (κ2) is 8.15. The maximum atomic E-state index is 13.1. The Morgan fingerprint density at radius 3 is 2.13 bits per heavy atom. The maximum absolute atomic E-state index is 13.1. The van der Waals surface area contributed by atoms with Gasteiger partial charge in [-0.25, -0.2) is 0 Å². The van der Waals surface area contributed by atoms with E-state index in [0.29, 0.717) is 35.9 Å². The number of imide groups is 1. The van der Waals surface area contributed by atoms with Crippen molar-refractivity contribution in [3.63, 3.8) is 0 Å². The van der Waals surface area contributed by atoms with E-state index >= 15 is 0 Å². The molecule has 6 heteroatoms. The molecule has 0 unspecified atom stereocenters. The number of piperazine rings is 1. The highest BCUT2D eigenvalue weighted by molar-refractivity contribution is 6.36. The van der Waals surface area contributed by atoms with E-state index in [4.69, 9.17) is 11.6 Å². The molecule has 2 aromatic rings. The number of hydrogen-bond acceptors (Lipinski definition) is 4. The number of likely N-dealkylation sites (N-methyl/N-ethyl adjacent to an activating group) is 1. The van der Waals surface area contributed by atoms with Crippen LogP contribution in [-0.2, 0) is 9.59 Å². The van der Waals surface area contributed by atoms with Gasteiger partial charge in [-0.2, -0.15) is 0 Å². The standard InChI is InChI=1S/C24H26ClN3O2/c1-4-28-23(29)21(18-8-10-19(25)11-9-18)22(24(28)30)27-14-12-26(13-15-27)20-7-5-6-16(2)17(20)3/h5-11H,4,12-15H2,1-3H3. The molecule has 156 valence electrons. The fourth-order valence-corrected chi connectivity index (χ4v) is 4.40. The Balaban J connectivity index is 1.64. The minimum absolute atomic E-state index is 0.201. The second-order valence-electron chi connectivity index (χ2n) is 7.78. The number of hydrogen-bond donors (Lipinski definition) is 0. The first kappa shape index (κ1) is 20.5. The molecule has 2 aliphatic heterocycles. The van der Waals surface area contributed by atoms with Gasteiger partial charge in [-0.1, -0.05) is 35.9 Å². The Morgan fingerprint density at radius 2 is 1.50 bits per heavy atom. The summed E-state index contributed by atoms with van der Waals surface area (Å²) in [4.78, 5) is 31.9. The normalized spacial score (nSPS) is 17.4. The van der Waals surface area contributed by atoms with Gasteiger partial charge in [0.15, 0.2) is 0 Å². The number of rotatable bonds is 4. The molecule has 4 rings (SSSR count). The van der Waals surface area contributed by atoms with Crippen LogP contribution >= 0.6 is 11.6 Å². The van der Waals surface area contributed by atoms with Crippen molar-refractivity contribution in [2.45, 2.75) is 20.8 Å². The molecule has 0 atom stereocenters. The Morgan fingerprint density at radius 1 is 0.867 bits per heavy atom. The predicted octanol–water partition coefficient (Wildman–Crippen LogP) is 3.88. The SMILES string of the molecule is CCN1C(=O)C(c2ccc(Cl)cc2)=C(N2CCN(c3cccc(C)c3C)CC2)C1=O. The number of carbonyl (C=O) groups excluding carboxylic acids is 2. The fourth-order valence-electron chi connectivity index (χ4n) is 4.27.